The highest BCUT2D eigenvalue weighted by Gasteiger charge is 2.33. The molecule has 1 aliphatic rings. The van der Waals surface area contributed by atoms with Crippen LogP contribution in [-0.2, 0) is 0 Å². The van der Waals surface area contributed by atoms with Gasteiger partial charge in [-0.05, 0) is 32.9 Å². The molecule has 0 bridgehead atoms. The van der Waals surface area contributed by atoms with Crippen LogP contribution in [0.25, 0.3) is 0 Å². The lowest BCUT2D eigenvalue weighted by Crippen LogP contribution is -2.29. The molecule has 3 rings (SSSR count). The van der Waals surface area contributed by atoms with Crippen molar-refractivity contribution in [1.29, 1.82) is 0 Å². The van der Waals surface area contributed by atoms with Crippen LogP contribution in [0.5, 0.6) is 0 Å². The van der Waals surface area contributed by atoms with Crippen LogP contribution in [0.4, 0.5) is 5.69 Å². The quantitative estimate of drug-likeness (QED) is 0.700. The van der Waals surface area contributed by atoms with Gasteiger partial charge >= 0.3 is 0 Å². The second-order valence-corrected chi connectivity index (χ2v) is 7.28. The molecule has 3 nitrogen and oxygen atoms in total. The Morgan fingerprint density at radius 3 is 1.95 bits per heavy atom. The highest BCUT2D eigenvalue weighted by Crippen LogP contribution is 2.37. The van der Waals surface area contributed by atoms with Crippen LogP contribution in [0.3, 0.4) is 0 Å². The largest absolute Gasteiger partial charge is 0.380 e. The summed E-state index contributed by atoms with van der Waals surface area (Å²) in [6, 6.07) is 10.6. The fraction of sp³-hybridized carbons (Fsp3) is 0.222. The highest BCUT2D eigenvalue weighted by atomic mass is 79.9. The SMILES string of the molecule is CC(C)(C)Nc1ccc(Br)c2c1C(=O)c1ccccc1C2=O. The molecule has 0 aromatic heterocycles. The number of halogens is 1. The van der Waals surface area contributed by atoms with E-state index in [1.807, 2.05) is 32.9 Å². The topological polar surface area (TPSA) is 46.2 Å². The Balaban J connectivity index is 2.27. The summed E-state index contributed by atoms with van der Waals surface area (Å²) < 4.78 is 0.648. The van der Waals surface area contributed by atoms with Crippen LogP contribution >= 0.6 is 15.9 Å². The summed E-state index contributed by atoms with van der Waals surface area (Å²) in [5.74, 6) is -0.229. The Morgan fingerprint density at radius 1 is 0.864 bits per heavy atom. The third-order valence-electron chi connectivity index (χ3n) is 3.53. The summed E-state index contributed by atoms with van der Waals surface area (Å²) in [6.07, 6.45) is 0. The zero-order valence-corrected chi connectivity index (χ0v) is 14.2. The molecule has 4 heteroatoms. The number of benzene rings is 2. The van der Waals surface area contributed by atoms with Crippen molar-refractivity contribution in [2.45, 2.75) is 26.3 Å². The number of fused-ring (bicyclic) bond motifs is 2. The summed E-state index contributed by atoms with van der Waals surface area (Å²) in [6.45, 7) is 6.06. The maximum Gasteiger partial charge on any atom is 0.196 e. The van der Waals surface area contributed by atoms with Crippen molar-refractivity contribution in [2.75, 3.05) is 5.32 Å². The van der Waals surface area contributed by atoms with Crippen molar-refractivity contribution in [3.05, 3.63) is 63.1 Å². The summed E-state index contributed by atoms with van der Waals surface area (Å²) in [5.41, 5.74) is 2.31. The first-order chi connectivity index (χ1) is 10.3. The fourth-order valence-electron chi connectivity index (χ4n) is 2.69. The number of anilines is 1. The van der Waals surface area contributed by atoms with E-state index >= 15 is 0 Å². The number of hydrogen-bond acceptors (Lipinski definition) is 3. The average Bonchev–Trinajstić information content (AvgIpc) is 2.45. The molecule has 2 aromatic rings. The van der Waals surface area contributed by atoms with Gasteiger partial charge in [0.05, 0.1) is 5.56 Å². The molecule has 112 valence electrons. The molecule has 0 unspecified atom stereocenters. The monoisotopic (exact) mass is 357 g/mol. The van der Waals surface area contributed by atoms with E-state index in [1.165, 1.54) is 0 Å². The molecule has 22 heavy (non-hydrogen) atoms. The van der Waals surface area contributed by atoms with Gasteiger partial charge in [-0.15, -0.1) is 0 Å². The number of carbonyl (C=O) groups is 2. The van der Waals surface area contributed by atoms with Gasteiger partial charge in [0.25, 0.3) is 0 Å². The number of hydrogen-bond donors (Lipinski definition) is 1. The Bertz CT molecular complexity index is 803. The summed E-state index contributed by atoms with van der Waals surface area (Å²) in [7, 11) is 0. The normalized spacial score (nSPS) is 13.6. The third-order valence-corrected chi connectivity index (χ3v) is 4.20. The molecule has 0 saturated heterocycles. The molecule has 0 radical (unpaired) electrons. The second kappa shape index (κ2) is 5.06. The van der Waals surface area contributed by atoms with Crippen molar-refractivity contribution < 1.29 is 9.59 Å². The Morgan fingerprint density at radius 2 is 1.41 bits per heavy atom. The van der Waals surface area contributed by atoms with Gasteiger partial charge in [0.2, 0.25) is 0 Å². The van der Waals surface area contributed by atoms with Crippen molar-refractivity contribution in [1.82, 2.24) is 0 Å². The predicted octanol–water partition coefficient (Wildman–Crippen LogP) is 4.43. The van der Waals surface area contributed by atoms with E-state index in [0.717, 1.165) is 0 Å². The number of nitrogens with one attached hydrogen (secondary N) is 1. The van der Waals surface area contributed by atoms with Gasteiger partial charge in [-0.25, -0.2) is 0 Å². The van der Waals surface area contributed by atoms with Gasteiger partial charge in [-0.2, -0.15) is 0 Å². The van der Waals surface area contributed by atoms with E-state index in [2.05, 4.69) is 21.2 Å². The standard InChI is InChI=1S/C18H16BrNO2/c1-18(2,3)20-13-9-8-12(19)14-15(13)17(22)11-7-5-4-6-10(11)16(14)21/h4-9,20H,1-3H3. The summed E-state index contributed by atoms with van der Waals surface area (Å²) >= 11 is 3.41. The zero-order chi connectivity index (χ0) is 16.1. The Labute approximate surface area is 137 Å². The molecule has 2 aromatic carbocycles. The first kappa shape index (κ1) is 15.0. The average molecular weight is 358 g/mol. The van der Waals surface area contributed by atoms with Crippen LogP contribution in [0.1, 0.15) is 52.6 Å². The van der Waals surface area contributed by atoms with Crippen molar-refractivity contribution in [2.24, 2.45) is 0 Å². The Kier molecular flexibility index (Phi) is 3.44. The van der Waals surface area contributed by atoms with Crippen molar-refractivity contribution in [3.63, 3.8) is 0 Å². The molecule has 0 atom stereocenters. The van der Waals surface area contributed by atoms with Gasteiger partial charge in [0, 0.05) is 32.4 Å². The lowest BCUT2D eigenvalue weighted by Gasteiger charge is -2.27. The van der Waals surface area contributed by atoms with Crippen molar-refractivity contribution in [3.8, 4) is 0 Å². The van der Waals surface area contributed by atoms with E-state index in [-0.39, 0.29) is 17.1 Å². The van der Waals surface area contributed by atoms with E-state index in [0.29, 0.717) is 32.4 Å². The van der Waals surface area contributed by atoms with Crippen LogP contribution < -0.4 is 5.32 Å². The minimum absolute atomic E-state index is 0.113. The van der Waals surface area contributed by atoms with Gasteiger partial charge in [-0.1, -0.05) is 40.2 Å². The lowest BCUT2D eigenvalue weighted by molar-refractivity contribution is 0.0979. The van der Waals surface area contributed by atoms with Crippen LogP contribution in [-0.4, -0.2) is 17.1 Å². The number of ketones is 2. The highest BCUT2D eigenvalue weighted by molar-refractivity contribution is 9.10. The number of carbonyl (C=O) groups excluding carboxylic acids is 2. The second-order valence-electron chi connectivity index (χ2n) is 6.42. The van der Waals surface area contributed by atoms with Crippen LogP contribution in [0, 0.1) is 0 Å². The van der Waals surface area contributed by atoms with E-state index in [9.17, 15) is 9.59 Å². The van der Waals surface area contributed by atoms with E-state index in [1.54, 1.807) is 24.3 Å². The molecule has 1 N–H and O–H groups in total. The number of rotatable bonds is 1. The minimum atomic E-state index is -0.206. The molecule has 1 aliphatic carbocycles. The third kappa shape index (κ3) is 2.37. The molecule has 0 fully saturated rings. The summed E-state index contributed by atoms with van der Waals surface area (Å²) in [4.78, 5) is 25.7. The maximum absolute atomic E-state index is 12.9. The Hall–Kier alpha value is -1.94. The maximum atomic E-state index is 12.9. The van der Waals surface area contributed by atoms with Crippen LogP contribution in [0.2, 0.25) is 0 Å². The lowest BCUT2D eigenvalue weighted by atomic mass is 9.83. The molecule has 0 amide bonds. The van der Waals surface area contributed by atoms with Crippen LogP contribution in [0.15, 0.2) is 40.9 Å². The smallest absolute Gasteiger partial charge is 0.196 e. The van der Waals surface area contributed by atoms with Gasteiger partial charge < -0.3 is 5.32 Å². The molecule has 0 aliphatic heterocycles. The molecular weight excluding hydrogens is 342 g/mol. The van der Waals surface area contributed by atoms with Gasteiger partial charge in [0.15, 0.2) is 11.6 Å². The molecule has 0 saturated carbocycles. The first-order valence-electron chi connectivity index (χ1n) is 7.09. The van der Waals surface area contributed by atoms with Crippen molar-refractivity contribution >= 4 is 33.2 Å². The predicted molar refractivity (Wildman–Crippen MR) is 90.8 cm³/mol. The van der Waals surface area contributed by atoms with E-state index in [4.69, 9.17) is 0 Å². The first-order valence-corrected chi connectivity index (χ1v) is 7.88. The fourth-order valence-corrected chi connectivity index (χ4v) is 3.20. The molecule has 0 heterocycles. The van der Waals surface area contributed by atoms with Gasteiger partial charge in [-0.3, -0.25) is 9.59 Å². The minimum Gasteiger partial charge on any atom is -0.380 e. The molecule has 0 spiro atoms. The summed E-state index contributed by atoms with van der Waals surface area (Å²) in [5, 5.41) is 3.32. The van der Waals surface area contributed by atoms with Gasteiger partial charge in [0.1, 0.15) is 0 Å². The van der Waals surface area contributed by atoms with E-state index < -0.39 is 0 Å². The molecular formula is C18H16BrNO2. The zero-order valence-electron chi connectivity index (χ0n) is 12.7.